The van der Waals surface area contributed by atoms with Gasteiger partial charge in [0.2, 0.25) is 0 Å². The SMILES string of the molecule is O=C(CS)c1ccc2c(c1)CCCC2. The zero-order valence-electron chi connectivity index (χ0n) is 8.12. The van der Waals surface area contributed by atoms with E-state index < -0.39 is 0 Å². The van der Waals surface area contributed by atoms with Crippen molar-refractivity contribution in [3.63, 3.8) is 0 Å². The number of ketones is 1. The van der Waals surface area contributed by atoms with Crippen molar-refractivity contribution in [3.8, 4) is 0 Å². The van der Waals surface area contributed by atoms with Crippen LogP contribution in [0.4, 0.5) is 0 Å². The van der Waals surface area contributed by atoms with Crippen molar-refractivity contribution < 1.29 is 4.79 Å². The second-order valence-corrected chi connectivity index (χ2v) is 4.09. The smallest absolute Gasteiger partial charge is 0.172 e. The molecule has 2 heteroatoms. The summed E-state index contributed by atoms with van der Waals surface area (Å²) in [6, 6.07) is 6.08. The predicted octanol–water partition coefficient (Wildman–Crippen LogP) is 2.68. The summed E-state index contributed by atoms with van der Waals surface area (Å²) >= 11 is 4.00. The number of aryl methyl sites for hydroxylation is 2. The molecule has 0 unspecified atom stereocenters. The van der Waals surface area contributed by atoms with E-state index >= 15 is 0 Å². The topological polar surface area (TPSA) is 17.1 Å². The number of hydrogen-bond acceptors (Lipinski definition) is 2. The Morgan fingerprint density at radius 1 is 1.21 bits per heavy atom. The molecule has 1 aromatic rings. The molecule has 0 heterocycles. The second kappa shape index (κ2) is 4.18. The lowest BCUT2D eigenvalue weighted by molar-refractivity contribution is 0.102. The van der Waals surface area contributed by atoms with Crippen LogP contribution in [0.1, 0.15) is 34.3 Å². The van der Waals surface area contributed by atoms with Crippen LogP contribution in [0.3, 0.4) is 0 Å². The monoisotopic (exact) mass is 206 g/mol. The molecular weight excluding hydrogens is 192 g/mol. The summed E-state index contributed by atoms with van der Waals surface area (Å²) in [5, 5.41) is 0. The van der Waals surface area contributed by atoms with Crippen LogP contribution in [0, 0.1) is 0 Å². The Kier molecular flexibility index (Phi) is 2.92. The minimum Gasteiger partial charge on any atom is -0.293 e. The Morgan fingerprint density at radius 2 is 1.93 bits per heavy atom. The van der Waals surface area contributed by atoms with Gasteiger partial charge in [-0.25, -0.2) is 0 Å². The Morgan fingerprint density at radius 3 is 2.64 bits per heavy atom. The maximum Gasteiger partial charge on any atom is 0.172 e. The molecule has 0 radical (unpaired) electrons. The normalized spacial score (nSPS) is 14.9. The number of benzene rings is 1. The largest absolute Gasteiger partial charge is 0.293 e. The third-order valence-electron chi connectivity index (χ3n) is 2.81. The summed E-state index contributed by atoms with van der Waals surface area (Å²) in [7, 11) is 0. The molecular formula is C12H14OS. The molecule has 14 heavy (non-hydrogen) atoms. The van der Waals surface area contributed by atoms with E-state index in [0.717, 1.165) is 12.0 Å². The van der Waals surface area contributed by atoms with Crippen molar-refractivity contribution in [2.24, 2.45) is 0 Å². The predicted molar refractivity (Wildman–Crippen MR) is 61.3 cm³/mol. The van der Waals surface area contributed by atoms with Gasteiger partial charge in [-0.05, 0) is 42.9 Å². The number of rotatable bonds is 2. The molecule has 0 amide bonds. The first-order valence-corrected chi connectivity index (χ1v) is 5.70. The van der Waals surface area contributed by atoms with E-state index in [2.05, 4.69) is 18.7 Å². The molecule has 1 aromatic carbocycles. The lowest BCUT2D eigenvalue weighted by Crippen LogP contribution is -2.06. The maximum atomic E-state index is 11.4. The highest BCUT2D eigenvalue weighted by molar-refractivity contribution is 7.81. The van der Waals surface area contributed by atoms with Crippen molar-refractivity contribution in [2.75, 3.05) is 5.75 Å². The van der Waals surface area contributed by atoms with Crippen LogP contribution in [0.25, 0.3) is 0 Å². The van der Waals surface area contributed by atoms with Gasteiger partial charge in [-0.1, -0.05) is 12.1 Å². The van der Waals surface area contributed by atoms with Gasteiger partial charge < -0.3 is 0 Å². The van der Waals surface area contributed by atoms with Gasteiger partial charge in [0.15, 0.2) is 5.78 Å². The molecule has 1 aliphatic carbocycles. The van der Waals surface area contributed by atoms with Crippen LogP contribution >= 0.6 is 12.6 Å². The van der Waals surface area contributed by atoms with E-state index in [9.17, 15) is 4.79 Å². The third kappa shape index (κ3) is 1.85. The molecule has 0 aromatic heterocycles. The highest BCUT2D eigenvalue weighted by atomic mass is 32.1. The second-order valence-electron chi connectivity index (χ2n) is 3.77. The first-order chi connectivity index (χ1) is 6.81. The van der Waals surface area contributed by atoms with Crippen LogP contribution in [-0.2, 0) is 12.8 Å². The number of carbonyl (C=O) groups excluding carboxylic acids is 1. The van der Waals surface area contributed by atoms with Gasteiger partial charge in [-0.2, -0.15) is 12.6 Å². The van der Waals surface area contributed by atoms with Gasteiger partial charge in [0.05, 0.1) is 5.75 Å². The number of thiol groups is 1. The molecule has 0 spiro atoms. The van der Waals surface area contributed by atoms with E-state index in [1.807, 2.05) is 12.1 Å². The van der Waals surface area contributed by atoms with Gasteiger partial charge in [0.1, 0.15) is 0 Å². The summed E-state index contributed by atoms with van der Waals surface area (Å²) in [6.07, 6.45) is 4.84. The molecule has 1 nitrogen and oxygen atoms in total. The molecule has 1 aliphatic rings. The lowest BCUT2D eigenvalue weighted by atomic mass is 9.90. The summed E-state index contributed by atoms with van der Waals surface area (Å²) in [4.78, 5) is 11.4. The van der Waals surface area contributed by atoms with Crippen LogP contribution in [0.15, 0.2) is 18.2 Å². The quantitative estimate of drug-likeness (QED) is 0.581. The van der Waals surface area contributed by atoms with Gasteiger partial charge in [-0.15, -0.1) is 0 Å². The summed E-state index contributed by atoms with van der Waals surface area (Å²) in [6.45, 7) is 0. The number of fused-ring (bicyclic) bond motifs is 1. The Labute approximate surface area is 89.9 Å². The Balaban J connectivity index is 2.33. The maximum absolute atomic E-state index is 11.4. The van der Waals surface area contributed by atoms with Gasteiger partial charge in [0, 0.05) is 5.56 Å². The van der Waals surface area contributed by atoms with Crippen molar-refractivity contribution >= 4 is 18.4 Å². The molecule has 74 valence electrons. The average molecular weight is 206 g/mol. The van der Waals surface area contributed by atoms with Crippen LogP contribution < -0.4 is 0 Å². The van der Waals surface area contributed by atoms with E-state index in [1.165, 1.54) is 30.4 Å². The fourth-order valence-electron chi connectivity index (χ4n) is 2.00. The fourth-order valence-corrected chi connectivity index (χ4v) is 2.18. The zero-order chi connectivity index (χ0) is 9.97. The van der Waals surface area contributed by atoms with Crippen molar-refractivity contribution in [1.82, 2.24) is 0 Å². The van der Waals surface area contributed by atoms with Gasteiger partial charge in [-0.3, -0.25) is 4.79 Å². The Hall–Kier alpha value is -0.760. The van der Waals surface area contributed by atoms with Crippen LogP contribution in [-0.4, -0.2) is 11.5 Å². The summed E-state index contributed by atoms with van der Waals surface area (Å²) < 4.78 is 0. The number of carbonyl (C=O) groups is 1. The third-order valence-corrected chi connectivity index (χ3v) is 3.10. The van der Waals surface area contributed by atoms with E-state index in [0.29, 0.717) is 5.75 Å². The van der Waals surface area contributed by atoms with Crippen LogP contribution in [0.2, 0.25) is 0 Å². The molecule has 0 aliphatic heterocycles. The highest BCUT2D eigenvalue weighted by Gasteiger charge is 2.11. The van der Waals surface area contributed by atoms with E-state index in [1.54, 1.807) is 0 Å². The summed E-state index contributed by atoms with van der Waals surface area (Å²) in [5.41, 5.74) is 3.61. The average Bonchev–Trinajstić information content (AvgIpc) is 2.27. The Bertz CT molecular complexity index is 357. The molecule has 0 N–H and O–H groups in total. The van der Waals surface area contributed by atoms with Crippen molar-refractivity contribution in [3.05, 3.63) is 34.9 Å². The molecule has 0 saturated carbocycles. The van der Waals surface area contributed by atoms with Gasteiger partial charge >= 0.3 is 0 Å². The number of hydrogen-bond donors (Lipinski definition) is 1. The minimum absolute atomic E-state index is 0.127. The van der Waals surface area contributed by atoms with Crippen molar-refractivity contribution in [1.29, 1.82) is 0 Å². The van der Waals surface area contributed by atoms with Gasteiger partial charge in [0.25, 0.3) is 0 Å². The number of Topliss-reactive ketones (excluding diaryl/α,β-unsaturated/α-hetero) is 1. The molecule has 2 rings (SSSR count). The van der Waals surface area contributed by atoms with Crippen molar-refractivity contribution in [2.45, 2.75) is 25.7 Å². The lowest BCUT2D eigenvalue weighted by Gasteiger charge is -2.15. The molecule has 0 bridgehead atoms. The molecule has 0 saturated heterocycles. The summed E-state index contributed by atoms with van der Waals surface area (Å²) in [5.74, 6) is 0.431. The van der Waals surface area contributed by atoms with E-state index in [-0.39, 0.29) is 5.78 Å². The first-order valence-electron chi connectivity index (χ1n) is 5.07. The highest BCUT2D eigenvalue weighted by Crippen LogP contribution is 2.22. The fraction of sp³-hybridized carbons (Fsp3) is 0.417. The van der Waals surface area contributed by atoms with Crippen LogP contribution in [0.5, 0.6) is 0 Å². The minimum atomic E-state index is 0.127. The standard InChI is InChI=1S/C12H14OS/c13-12(8-14)11-6-5-9-3-1-2-4-10(9)7-11/h5-7,14H,1-4,8H2. The molecule has 0 fully saturated rings. The van der Waals surface area contributed by atoms with E-state index in [4.69, 9.17) is 0 Å². The first kappa shape index (κ1) is 9.78. The molecule has 0 atom stereocenters. The zero-order valence-corrected chi connectivity index (χ0v) is 9.02.